The minimum absolute atomic E-state index is 0.00553. The van der Waals surface area contributed by atoms with Gasteiger partial charge in [0.1, 0.15) is 5.65 Å². The molecule has 3 N–H and O–H groups in total. The number of benzene rings is 1. The summed E-state index contributed by atoms with van der Waals surface area (Å²) < 4.78 is 1.91. The number of hydrogen-bond acceptors (Lipinski definition) is 3. The van der Waals surface area contributed by atoms with E-state index in [1.54, 1.807) is 18.5 Å². The van der Waals surface area contributed by atoms with E-state index in [0.29, 0.717) is 28.8 Å². The number of nitrogens with two attached hydrogens (primary N) is 1. The summed E-state index contributed by atoms with van der Waals surface area (Å²) in [6.45, 7) is 2.63. The van der Waals surface area contributed by atoms with Gasteiger partial charge < -0.3 is 15.6 Å². The molecule has 2 amide bonds. The van der Waals surface area contributed by atoms with Crippen LogP contribution in [0.25, 0.3) is 11.0 Å². The van der Waals surface area contributed by atoms with Gasteiger partial charge in [-0.2, -0.15) is 0 Å². The topological polar surface area (TPSA) is 90.0 Å². The standard InChI is InChI=1S/C20H20N4O2/c1-12-3-2-4-13(7-12)10-24-11-17(18(21)25)16-8-15(9-22-19(16)24)23-20(26)14-5-6-14/h2-4,7-9,11,14H,5-6,10H2,1H3,(H2,21,25)(H,23,26). The number of aryl methyl sites for hydroxylation is 1. The van der Waals surface area contributed by atoms with Gasteiger partial charge in [-0.05, 0) is 31.4 Å². The van der Waals surface area contributed by atoms with Crippen molar-refractivity contribution in [3.63, 3.8) is 0 Å². The van der Waals surface area contributed by atoms with Crippen LogP contribution < -0.4 is 11.1 Å². The number of nitrogens with one attached hydrogen (secondary N) is 1. The Morgan fingerprint density at radius 3 is 2.81 bits per heavy atom. The second kappa shape index (κ2) is 6.29. The van der Waals surface area contributed by atoms with Crippen molar-refractivity contribution in [1.29, 1.82) is 0 Å². The maximum absolute atomic E-state index is 12.0. The number of rotatable bonds is 5. The van der Waals surface area contributed by atoms with Crippen LogP contribution in [-0.2, 0) is 11.3 Å². The van der Waals surface area contributed by atoms with Gasteiger partial charge in [0.15, 0.2) is 0 Å². The number of aromatic nitrogens is 2. The molecule has 0 bridgehead atoms. The van der Waals surface area contributed by atoms with Crippen molar-refractivity contribution in [2.24, 2.45) is 11.7 Å². The average Bonchev–Trinajstić information content (AvgIpc) is 3.38. The lowest BCUT2D eigenvalue weighted by Gasteiger charge is -2.07. The molecule has 0 radical (unpaired) electrons. The number of nitrogens with zero attached hydrogens (tertiary/aromatic N) is 2. The van der Waals surface area contributed by atoms with Crippen molar-refractivity contribution in [2.75, 3.05) is 5.32 Å². The third kappa shape index (κ3) is 3.18. The lowest BCUT2D eigenvalue weighted by atomic mass is 10.1. The summed E-state index contributed by atoms with van der Waals surface area (Å²) in [6, 6.07) is 9.95. The molecule has 0 spiro atoms. The molecule has 6 nitrogen and oxygen atoms in total. The van der Waals surface area contributed by atoms with Crippen LogP contribution in [0.2, 0.25) is 0 Å². The normalized spacial score (nSPS) is 13.7. The molecular formula is C20H20N4O2. The Morgan fingerprint density at radius 2 is 2.12 bits per heavy atom. The van der Waals surface area contributed by atoms with Crippen LogP contribution >= 0.6 is 0 Å². The first-order valence-electron chi connectivity index (χ1n) is 8.66. The molecule has 2 aromatic heterocycles. The molecule has 0 atom stereocenters. The van der Waals surface area contributed by atoms with Crippen LogP contribution in [0.1, 0.15) is 34.3 Å². The fourth-order valence-electron chi connectivity index (χ4n) is 3.15. The quantitative estimate of drug-likeness (QED) is 0.743. The van der Waals surface area contributed by atoms with Gasteiger partial charge in [-0.3, -0.25) is 9.59 Å². The molecule has 0 aliphatic heterocycles. The van der Waals surface area contributed by atoms with E-state index in [9.17, 15) is 9.59 Å². The lowest BCUT2D eigenvalue weighted by Crippen LogP contribution is -2.13. The third-order valence-electron chi connectivity index (χ3n) is 4.63. The van der Waals surface area contributed by atoms with Crippen LogP contribution in [-0.4, -0.2) is 21.4 Å². The zero-order valence-corrected chi connectivity index (χ0v) is 14.5. The zero-order valence-electron chi connectivity index (χ0n) is 14.5. The Hall–Kier alpha value is -3.15. The number of carbonyl (C=O) groups is 2. The predicted octanol–water partition coefficient (Wildman–Crippen LogP) is 2.84. The van der Waals surface area contributed by atoms with E-state index in [2.05, 4.69) is 16.4 Å². The molecule has 1 fully saturated rings. The van der Waals surface area contributed by atoms with Gasteiger partial charge in [0, 0.05) is 24.0 Å². The van der Waals surface area contributed by atoms with Crippen molar-refractivity contribution in [1.82, 2.24) is 9.55 Å². The molecule has 0 saturated heterocycles. The van der Waals surface area contributed by atoms with E-state index in [-0.39, 0.29) is 11.8 Å². The second-order valence-corrected chi connectivity index (χ2v) is 6.88. The lowest BCUT2D eigenvalue weighted by molar-refractivity contribution is -0.117. The molecule has 26 heavy (non-hydrogen) atoms. The van der Waals surface area contributed by atoms with Crippen LogP contribution in [0.3, 0.4) is 0 Å². The van der Waals surface area contributed by atoms with Crippen molar-refractivity contribution >= 4 is 28.5 Å². The summed E-state index contributed by atoms with van der Waals surface area (Å²) in [5.74, 6) is -0.399. The van der Waals surface area contributed by atoms with Crippen LogP contribution in [0.5, 0.6) is 0 Å². The number of amides is 2. The Labute approximate surface area is 151 Å². The molecule has 1 aliphatic carbocycles. The highest BCUT2D eigenvalue weighted by atomic mass is 16.2. The highest BCUT2D eigenvalue weighted by Crippen LogP contribution is 2.31. The monoisotopic (exact) mass is 348 g/mol. The average molecular weight is 348 g/mol. The predicted molar refractivity (Wildman–Crippen MR) is 99.9 cm³/mol. The summed E-state index contributed by atoms with van der Waals surface area (Å²) in [6.07, 6.45) is 5.22. The largest absolute Gasteiger partial charge is 0.366 e. The Morgan fingerprint density at radius 1 is 1.31 bits per heavy atom. The molecule has 1 aromatic carbocycles. The fourth-order valence-corrected chi connectivity index (χ4v) is 3.15. The number of hydrogen-bond donors (Lipinski definition) is 2. The number of anilines is 1. The molecule has 0 unspecified atom stereocenters. The van der Waals surface area contributed by atoms with Gasteiger partial charge in [0.25, 0.3) is 5.91 Å². The summed E-state index contributed by atoms with van der Waals surface area (Å²) in [5.41, 5.74) is 9.51. The van der Waals surface area contributed by atoms with Gasteiger partial charge in [-0.25, -0.2) is 4.98 Å². The van der Waals surface area contributed by atoms with E-state index >= 15 is 0 Å². The molecule has 1 aliphatic rings. The highest BCUT2D eigenvalue weighted by Gasteiger charge is 2.29. The number of fused-ring (bicyclic) bond motifs is 1. The van der Waals surface area contributed by atoms with Crippen LogP contribution in [0.15, 0.2) is 42.7 Å². The Balaban J connectivity index is 1.71. The first kappa shape index (κ1) is 16.3. The van der Waals surface area contributed by atoms with Crippen molar-refractivity contribution in [3.8, 4) is 0 Å². The van der Waals surface area contributed by atoms with E-state index in [1.165, 1.54) is 5.56 Å². The van der Waals surface area contributed by atoms with Gasteiger partial charge in [0.05, 0.1) is 17.4 Å². The highest BCUT2D eigenvalue weighted by molar-refractivity contribution is 6.06. The van der Waals surface area contributed by atoms with Gasteiger partial charge in [0.2, 0.25) is 5.91 Å². The molecule has 1 saturated carbocycles. The first-order chi connectivity index (χ1) is 12.5. The maximum Gasteiger partial charge on any atom is 0.250 e. The van der Waals surface area contributed by atoms with E-state index < -0.39 is 5.91 Å². The minimum Gasteiger partial charge on any atom is -0.366 e. The summed E-state index contributed by atoms with van der Waals surface area (Å²) in [7, 11) is 0. The summed E-state index contributed by atoms with van der Waals surface area (Å²) in [5, 5.41) is 3.52. The first-order valence-corrected chi connectivity index (χ1v) is 8.66. The summed E-state index contributed by atoms with van der Waals surface area (Å²) >= 11 is 0. The Bertz CT molecular complexity index is 1020. The van der Waals surface area contributed by atoms with Gasteiger partial charge in [-0.1, -0.05) is 29.8 Å². The Kier molecular flexibility index (Phi) is 3.95. The zero-order chi connectivity index (χ0) is 18.3. The van der Waals surface area contributed by atoms with Gasteiger partial charge >= 0.3 is 0 Å². The van der Waals surface area contributed by atoms with Crippen molar-refractivity contribution in [2.45, 2.75) is 26.3 Å². The van der Waals surface area contributed by atoms with Crippen LogP contribution in [0, 0.1) is 12.8 Å². The molecular weight excluding hydrogens is 328 g/mol. The SMILES string of the molecule is Cc1cccc(Cn2cc(C(N)=O)c3cc(NC(=O)C4CC4)cnc32)c1. The fraction of sp³-hybridized carbons (Fsp3) is 0.250. The number of carbonyl (C=O) groups excluding carboxylic acids is 2. The third-order valence-corrected chi connectivity index (χ3v) is 4.63. The molecule has 132 valence electrons. The molecule has 2 heterocycles. The van der Waals surface area contributed by atoms with E-state index in [4.69, 9.17) is 5.73 Å². The number of pyridine rings is 1. The molecule has 4 rings (SSSR count). The number of primary amides is 1. The minimum atomic E-state index is -0.509. The molecule has 3 aromatic rings. The maximum atomic E-state index is 12.0. The smallest absolute Gasteiger partial charge is 0.250 e. The molecule has 6 heteroatoms. The van der Waals surface area contributed by atoms with Crippen molar-refractivity contribution < 1.29 is 9.59 Å². The second-order valence-electron chi connectivity index (χ2n) is 6.88. The van der Waals surface area contributed by atoms with Crippen LogP contribution in [0.4, 0.5) is 5.69 Å². The van der Waals surface area contributed by atoms with Crippen molar-refractivity contribution in [3.05, 3.63) is 59.4 Å². The van der Waals surface area contributed by atoms with E-state index in [1.807, 2.05) is 29.7 Å². The van der Waals surface area contributed by atoms with Gasteiger partial charge in [-0.15, -0.1) is 0 Å². The summed E-state index contributed by atoms with van der Waals surface area (Å²) in [4.78, 5) is 28.3. The van der Waals surface area contributed by atoms with E-state index in [0.717, 1.165) is 18.4 Å².